The molecule has 0 unspecified atom stereocenters. The average molecular weight is 314 g/mol. The summed E-state index contributed by atoms with van der Waals surface area (Å²) in [5.41, 5.74) is 2.58. The molecular formula is C18H22N2O3. The van der Waals surface area contributed by atoms with E-state index in [4.69, 9.17) is 4.74 Å². The number of nitrogens with one attached hydrogen (secondary N) is 2. The number of carbonyl (C=O) groups is 1. The molecule has 0 aliphatic carbocycles. The van der Waals surface area contributed by atoms with Crippen LogP contribution >= 0.6 is 0 Å². The van der Waals surface area contributed by atoms with Crippen molar-refractivity contribution in [3.63, 3.8) is 0 Å². The predicted molar refractivity (Wildman–Crippen MR) is 90.2 cm³/mol. The molecule has 122 valence electrons. The second kappa shape index (κ2) is 8.92. The molecule has 5 nitrogen and oxygen atoms in total. The highest BCUT2D eigenvalue weighted by atomic mass is 16.5. The minimum atomic E-state index is -0.309. The zero-order chi connectivity index (χ0) is 16.5. The Balaban J connectivity index is 2.05. The Kier molecular flexibility index (Phi) is 6.59. The van der Waals surface area contributed by atoms with Crippen molar-refractivity contribution in [1.82, 2.24) is 5.32 Å². The summed E-state index contributed by atoms with van der Waals surface area (Å²) in [5, 5.41) is 15.0. The van der Waals surface area contributed by atoms with Crippen LogP contribution in [0.2, 0.25) is 0 Å². The normalized spacial score (nSPS) is 11.7. The zero-order valence-corrected chi connectivity index (χ0v) is 13.2. The minimum absolute atomic E-state index is 0.000102. The number of aliphatic hydroxyl groups excluding tert-OH is 1. The zero-order valence-electron chi connectivity index (χ0n) is 13.2. The molecular weight excluding hydrogens is 292 g/mol. The maximum atomic E-state index is 12.3. The molecule has 0 fully saturated rings. The second-order valence-corrected chi connectivity index (χ2v) is 5.16. The van der Waals surface area contributed by atoms with Gasteiger partial charge >= 0.3 is 6.03 Å². The number of anilines is 1. The van der Waals surface area contributed by atoms with Gasteiger partial charge in [0, 0.05) is 25.0 Å². The molecule has 2 aromatic carbocycles. The largest absolute Gasteiger partial charge is 0.396 e. The highest BCUT2D eigenvalue weighted by Gasteiger charge is 2.14. The van der Waals surface area contributed by atoms with Crippen molar-refractivity contribution in [2.24, 2.45) is 0 Å². The first-order valence-electron chi connectivity index (χ1n) is 7.54. The molecule has 23 heavy (non-hydrogen) atoms. The van der Waals surface area contributed by atoms with E-state index in [1.807, 2.05) is 54.6 Å². The Labute approximate surface area is 136 Å². The fraction of sp³-hybridized carbons (Fsp3) is 0.278. The fourth-order valence-electron chi connectivity index (χ4n) is 2.38. The van der Waals surface area contributed by atoms with Gasteiger partial charge in [-0.1, -0.05) is 48.5 Å². The number of benzene rings is 2. The van der Waals surface area contributed by atoms with E-state index in [0.717, 1.165) is 11.1 Å². The summed E-state index contributed by atoms with van der Waals surface area (Å²) in [5.74, 6) is 0. The number of urea groups is 1. The molecule has 3 N–H and O–H groups in total. The van der Waals surface area contributed by atoms with Crippen LogP contribution in [0.5, 0.6) is 0 Å². The van der Waals surface area contributed by atoms with Crippen LogP contribution in [0.25, 0.3) is 0 Å². The van der Waals surface area contributed by atoms with Gasteiger partial charge in [-0.15, -0.1) is 0 Å². The fourth-order valence-corrected chi connectivity index (χ4v) is 2.38. The third-order valence-electron chi connectivity index (χ3n) is 3.49. The summed E-state index contributed by atoms with van der Waals surface area (Å²) in [6, 6.07) is 16.5. The van der Waals surface area contributed by atoms with Gasteiger partial charge in [-0.25, -0.2) is 4.79 Å². The monoisotopic (exact) mass is 314 g/mol. The highest BCUT2D eigenvalue weighted by molar-refractivity contribution is 5.90. The van der Waals surface area contributed by atoms with Gasteiger partial charge in [0.15, 0.2) is 0 Å². The standard InChI is InChI=1S/C18H22N2O3/c1-23-13-15-9-5-6-10-16(15)19-18(22)20-17(11-12-21)14-7-3-2-4-8-14/h2-10,17,21H,11-13H2,1H3,(H2,19,20,22)/t17-/m1/s1. The second-order valence-electron chi connectivity index (χ2n) is 5.16. The number of methoxy groups -OCH3 is 1. The van der Waals surface area contributed by atoms with Crippen LogP contribution in [-0.2, 0) is 11.3 Å². The Hall–Kier alpha value is -2.37. The molecule has 0 aliphatic rings. The van der Waals surface area contributed by atoms with Gasteiger partial charge in [-0.2, -0.15) is 0 Å². The Morgan fingerprint density at radius 1 is 1.13 bits per heavy atom. The SMILES string of the molecule is COCc1ccccc1NC(=O)N[C@H](CCO)c1ccccc1. The van der Waals surface area contributed by atoms with Crippen LogP contribution in [0.3, 0.4) is 0 Å². The molecule has 0 aliphatic heterocycles. The third-order valence-corrected chi connectivity index (χ3v) is 3.49. The van der Waals surface area contributed by atoms with Crippen LogP contribution in [0.15, 0.2) is 54.6 Å². The van der Waals surface area contributed by atoms with Gasteiger partial charge < -0.3 is 20.5 Å². The quantitative estimate of drug-likeness (QED) is 0.735. The molecule has 0 saturated heterocycles. The first kappa shape index (κ1) is 17.0. The van der Waals surface area contributed by atoms with Crippen molar-refractivity contribution in [2.75, 3.05) is 19.0 Å². The molecule has 0 heterocycles. The van der Waals surface area contributed by atoms with Gasteiger partial charge in [-0.05, 0) is 18.1 Å². The molecule has 0 aromatic heterocycles. The van der Waals surface area contributed by atoms with Crippen LogP contribution in [0, 0.1) is 0 Å². The molecule has 5 heteroatoms. The van der Waals surface area contributed by atoms with Crippen molar-refractivity contribution in [3.05, 3.63) is 65.7 Å². The van der Waals surface area contributed by atoms with Crippen molar-refractivity contribution in [2.45, 2.75) is 19.1 Å². The summed E-state index contributed by atoms with van der Waals surface area (Å²) in [6.45, 7) is 0.426. The number of para-hydroxylation sites is 1. The van der Waals surface area contributed by atoms with E-state index < -0.39 is 0 Å². The molecule has 0 spiro atoms. The Bertz CT molecular complexity index is 617. The lowest BCUT2D eigenvalue weighted by Gasteiger charge is -2.19. The number of rotatable bonds is 7. The number of ether oxygens (including phenoxy) is 1. The molecule has 1 atom stereocenters. The van der Waals surface area contributed by atoms with Crippen molar-refractivity contribution >= 4 is 11.7 Å². The maximum Gasteiger partial charge on any atom is 0.319 e. The van der Waals surface area contributed by atoms with E-state index in [0.29, 0.717) is 18.7 Å². The van der Waals surface area contributed by atoms with E-state index in [1.54, 1.807) is 7.11 Å². The van der Waals surface area contributed by atoms with Gasteiger partial charge in [-0.3, -0.25) is 0 Å². The minimum Gasteiger partial charge on any atom is -0.396 e. The summed E-state index contributed by atoms with van der Waals surface area (Å²) in [7, 11) is 1.61. The molecule has 2 aromatic rings. The van der Waals surface area contributed by atoms with Gasteiger partial charge in [0.2, 0.25) is 0 Å². The van der Waals surface area contributed by atoms with Gasteiger partial charge in [0.05, 0.1) is 12.6 Å². The smallest absolute Gasteiger partial charge is 0.319 e. The molecule has 2 amide bonds. The van der Waals surface area contributed by atoms with Crippen molar-refractivity contribution in [1.29, 1.82) is 0 Å². The van der Waals surface area contributed by atoms with Crippen LogP contribution in [-0.4, -0.2) is 24.9 Å². The van der Waals surface area contributed by atoms with E-state index in [2.05, 4.69) is 10.6 Å². The topological polar surface area (TPSA) is 70.6 Å². The van der Waals surface area contributed by atoms with Crippen molar-refractivity contribution < 1.29 is 14.6 Å². The highest BCUT2D eigenvalue weighted by Crippen LogP contribution is 2.18. The number of hydrogen-bond acceptors (Lipinski definition) is 3. The average Bonchev–Trinajstić information content (AvgIpc) is 2.57. The number of carbonyl (C=O) groups excluding carboxylic acids is 1. The van der Waals surface area contributed by atoms with Crippen LogP contribution in [0.1, 0.15) is 23.6 Å². The lowest BCUT2D eigenvalue weighted by Crippen LogP contribution is -2.33. The van der Waals surface area contributed by atoms with Crippen LogP contribution < -0.4 is 10.6 Å². The van der Waals surface area contributed by atoms with Gasteiger partial charge in [0.1, 0.15) is 0 Å². The van der Waals surface area contributed by atoms with E-state index in [-0.39, 0.29) is 18.7 Å². The first-order valence-corrected chi connectivity index (χ1v) is 7.54. The summed E-state index contributed by atoms with van der Waals surface area (Å²) >= 11 is 0. The maximum absolute atomic E-state index is 12.3. The van der Waals surface area contributed by atoms with Crippen molar-refractivity contribution in [3.8, 4) is 0 Å². The number of amides is 2. The lowest BCUT2D eigenvalue weighted by atomic mass is 10.0. The van der Waals surface area contributed by atoms with E-state index in [9.17, 15) is 9.90 Å². The Morgan fingerprint density at radius 3 is 2.52 bits per heavy atom. The predicted octanol–water partition coefficient (Wildman–Crippen LogP) is 3.08. The lowest BCUT2D eigenvalue weighted by molar-refractivity contribution is 0.185. The van der Waals surface area contributed by atoms with Gasteiger partial charge in [0.25, 0.3) is 0 Å². The molecule has 0 saturated carbocycles. The molecule has 2 rings (SSSR count). The molecule has 0 bridgehead atoms. The number of aliphatic hydroxyl groups is 1. The summed E-state index contributed by atoms with van der Waals surface area (Å²) in [6.07, 6.45) is 0.456. The summed E-state index contributed by atoms with van der Waals surface area (Å²) in [4.78, 5) is 12.3. The first-order chi connectivity index (χ1) is 11.2. The number of hydrogen-bond donors (Lipinski definition) is 3. The van der Waals surface area contributed by atoms with E-state index >= 15 is 0 Å². The molecule has 0 radical (unpaired) electrons. The van der Waals surface area contributed by atoms with E-state index in [1.165, 1.54) is 0 Å². The van der Waals surface area contributed by atoms with Crippen LogP contribution in [0.4, 0.5) is 10.5 Å². The Morgan fingerprint density at radius 2 is 1.83 bits per heavy atom. The third kappa shape index (κ3) is 5.09. The summed E-state index contributed by atoms with van der Waals surface area (Å²) < 4.78 is 5.13.